The van der Waals surface area contributed by atoms with E-state index in [9.17, 15) is 13.2 Å². The van der Waals surface area contributed by atoms with E-state index in [4.69, 9.17) is 10.7 Å². The largest absolute Gasteiger partial charge is 0.404 e. The summed E-state index contributed by atoms with van der Waals surface area (Å²) < 4.78 is 25.5. The van der Waals surface area contributed by atoms with Crippen molar-refractivity contribution in [2.45, 2.75) is 6.92 Å². The molecule has 0 aliphatic rings. The lowest BCUT2D eigenvalue weighted by molar-refractivity contribution is 0.0751. The first-order valence-corrected chi connectivity index (χ1v) is 8.62. The zero-order valence-electron chi connectivity index (χ0n) is 9.05. The molecule has 0 atom stereocenters. The molecule has 96 valence electrons. The Morgan fingerprint density at radius 2 is 2.11 bits per heavy atom. The Labute approximate surface area is 116 Å². The highest BCUT2D eigenvalue weighted by Gasteiger charge is 2.20. The fourth-order valence-corrected chi connectivity index (χ4v) is 3.64. The lowest BCUT2D eigenvalue weighted by atomic mass is 10.2. The highest BCUT2D eigenvalue weighted by atomic mass is 35.7. The van der Waals surface area contributed by atoms with Gasteiger partial charge in [-0.05, 0) is 24.4 Å². The van der Waals surface area contributed by atoms with Gasteiger partial charge in [0.1, 0.15) is 0 Å². The van der Waals surface area contributed by atoms with Crippen LogP contribution in [0.3, 0.4) is 0 Å². The van der Waals surface area contributed by atoms with Gasteiger partial charge in [0.05, 0.1) is 16.2 Å². The van der Waals surface area contributed by atoms with E-state index in [0.717, 1.165) is 9.75 Å². The Bertz CT molecular complexity index is 670. The maximum atomic E-state index is 11.6. The van der Waals surface area contributed by atoms with Crippen molar-refractivity contribution < 1.29 is 17.4 Å². The molecule has 0 unspecified atom stereocenters. The van der Waals surface area contributed by atoms with E-state index < -0.39 is 15.3 Å². The van der Waals surface area contributed by atoms with Gasteiger partial charge in [0.2, 0.25) is 0 Å². The van der Waals surface area contributed by atoms with E-state index >= 15 is 0 Å². The van der Waals surface area contributed by atoms with Crippen molar-refractivity contribution in [2.24, 2.45) is 0 Å². The Morgan fingerprint density at radius 3 is 2.67 bits per heavy atom. The van der Waals surface area contributed by atoms with E-state index in [1.165, 1.54) is 22.7 Å². The molecule has 2 aromatic rings. The minimum atomic E-state index is -4.30. The number of carbonyl (C=O) groups is 1. The summed E-state index contributed by atoms with van der Waals surface area (Å²) in [6, 6.07) is 5.43. The molecule has 18 heavy (non-hydrogen) atoms. The summed E-state index contributed by atoms with van der Waals surface area (Å²) in [7, 11) is 0.568. The molecule has 0 spiro atoms. The molecule has 0 amide bonds. The van der Waals surface area contributed by atoms with Gasteiger partial charge < -0.3 is 4.18 Å². The molecule has 0 saturated carbocycles. The average molecular weight is 323 g/mol. The van der Waals surface area contributed by atoms with E-state index in [-0.39, 0.29) is 5.56 Å². The molecule has 2 rings (SSSR count). The number of thiophene rings is 2. The Kier molecular flexibility index (Phi) is 3.76. The van der Waals surface area contributed by atoms with Gasteiger partial charge in [0.15, 0.2) is 0 Å². The lowest BCUT2D eigenvalue weighted by Crippen LogP contribution is -2.08. The van der Waals surface area contributed by atoms with Gasteiger partial charge in [-0.25, -0.2) is 4.79 Å². The zero-order valence-corrected chi connectivity index (χ0v) is 12.3. The van der Waals surface area contributed by atoms with Gasteiger partial charge in [-0.3, -0.25) is 0 Å². The Balaban J connectivity index is 2.33. The molecule has 0 aliphatic heterocycles. The third-order valence-corrected chi connectivity index (χ3v) is 4.73. The first kappa shape index (κ1) is 13.5. The number of hydrogen-bond donors (Lipinski definition) is 0. The molecule has 2 aromatic heterocycles. The predicted molar refractivity (Wildman–Crippen MR) is 72.6 cm³/mol. The van der Waals surface area contributed by atoms with Gasteiger partial charge in [0, 0.05) is 14.6 Å². The minimum absolute atomic E-state index is 0.215. The van der Waals surface area contributed by atoms with Crippen LogP contribution in [0, 0.1) is 6.92 Å². The van der Waals surface area contributed by atoms with Crippen molar-refractivity contribution in [3.63, 3.8) is 0 Å². The van der Waals surface area contributed by atoms with Crippen molar-refractivity contribution >= 4 is 48.7 Å². The topological polar surface area (TPSA) is 60.4 Å². The zero-order chi connectivity index (χ0) is 13.3. The van der Waals surface area contributed by atoms with Crippen molar-refractivity contribution in [2.75, 3.05) is 0 Å². The monoisotopic (exact) mass is 322 g/mol. The van der Waals surface area contributed by atoms with Crippen LogP contribution in [0.4, 0.5) is 0 Å². The van der Waals surface area contributed by atoms with E-state index in [2.05, 4.69) is 4.18 Å². The van der Waals surface area contributed by atoms with E-state index in [0.29, 0.717) is 4.88 Å². The van der Waals surface area contributed by atoms with Crippen LogP contribution in [0.1, 0.15) is 15.2 Å². The predicted octanol–water partition coefficient (Wildman–Crippen LogP) is 3.43. The van der Waals surface area contributed by atoms with Crippen LogP contribution in [0.2, 0.25) is 0 Å². The number of carbonyl (C=O) groups excluding carboxylic acids is 1. The first-order valence-electron chi connectivity index (χ1n) is 4.69. The van der Waals surface area contributed by atoms with Crippen LogP contribution in [0.15, 0.2) is 23.6 Å². The second-order valence-corrected chi connectivity index (χ2v) is 7.61. The Hall–Kier alpha value is -0.890. The second-order valence-electron chi connectivity index (χ2n) is 3.32. The fraction of sp³-hybridized carbons (Fsp3) is 0.100. The number of aryl methyl sites for hydroxylation is 1. The van der Waals surface area contributed by atoms with Crippen molar-refractivity contribution in [1.29, 1.82) is 0 Å². The van der Waals surface area contributed by atoms with Gasteiger partial charge >= 0.3 is 15.3 Å². The van der Waals surface area contributed by atoms with Crippen molar-refractivity contribution in [3.8, 4) is 9.75 Å². The number of halogens is 1. The summed E-state index contributed by atoms with van der Waals surface area (Å²) in [6.07, 6.45) is 0. The third-order valence-electron chi connectivity index (χ3n) is 2.08. The smallest absolute Gasteiger partial charge is 0.329 e. The molecule has 0 saturated heterocycles. The molecule has 0 N–H and O–H groups in total. The standard InChI is InChI=1S/C10H7ClO4S3/c1-6-7(10(12)15-18(11,13)14)5-9(17-6)8-3-2-4-16-8/h2-5H,1H3. The fourth-order valence-electron chi connectivity index (χ4n) is 1.36. The summed E-state index contributed by atoms with van der Waals surface area (Å²) in [5.41, 5.74) is 0.215. The molecule has 0 aliphatic carbocycles. The van der Waals surface area contributed by atoms with Crippen LogP contribution in [0.5, 0.6) is 0 Å². The van der Waals surface area contributed by atoms with Crippen LogP contribution in [-0.2, 0) is 13.5 Å². The normalized spacial score (nSPS) is 11.4. The first-order chi connectivity index (χ1) is 8.37. The molecule has 0 fully saturated rings. The van der Waals surface area contributed by atoms with Crippen LogP contribution >= 0.6 is 33.4 Å². The molecule has 4 nitrogen and oxygen atoms in total. The van der Waals surface area contributed by atoms with Crippen LogP contribution in [-0.4, -0.2) is 14.4 Å². The summed E-state index contributed by atoms with van der Waals surface area (Å²) >= 11 is 2.93. The number of rotatable bonds is 3. The minimum Gasteiger partial charge on any atom is -0.329 e. The molecule has 0 bridgehead atoms. The summed E-state index contributed by atoms with van der Waals surface area (Å²) in [6.45, 7) is 1.72. The molecule has 0 aromatic carbocycles. The molecule has 0 radical (unpaired) electrons. The number of hydrogen-bond acceptors (Lipinski definition) is 6. The van der Waals surface area contributed by atoms with Crippen LogP contribution in [0.25, 0.3) is 9.75 Å². The molecular weight excluding hydrogens is 316 g/mol. The quantitative estimate of drug-likeness (QED) is 0.812. The maximum absolute atomic E-state index is 11.6. The highest BCUT2D eigenvalue weighted by molar-refractivity contribution is 8.10. The summed E-state index contributed by atoms with van der Waals surface area (Å²) in [5.74, 6) is -0.957. The molecule has 8 heteroatoms. The molecular formula is C10H7ClO4S3. The average Bonchev–Trinajstić information content (AvgIpc) is 2.82. The van der Waals surface area contributed by atoms with Gasteiger partial charge in [-0.15, -0.1) is 22.7 Å². The summed E-state index contributed by atoms with van der Waals surface area (Å²) in [4.78, 5) is 14.2. The van der Waals surface area contributed by atoms with Crippen molar-refractivity contribution in [1.82, 2.24) is 0 Å². The van der Waals surface area contributed by atoms with Gasteiger partial charge in [0.25, 0.3) is 0 Å². The van der Waals surface area contributed by atoms with E-state index in [1.807, 2.05) is 17.5 Å². The Morgan fingerprint density at radius 1 is 1.39 bits per heavy atom. The van der Waals surface area contributed by atoms with Gasteiger partial charge in [-0.1, -0.05) is 6.07 Å². The SMILES string of the molecule is Cc1sc(-c2cccs2)cc1C(=O)OS(=O)(=O)Cl. The highest BCUT2D eigenvalue weighted by Crippen LogP contribution is 2.34. The lowest BCUT2D eigenvalue weighted by Gasteiger charge is -1.97. The summed E-state index contributed by atoms with van der Waals surface area (Å²) in [5, 5.41) is 1.92. The maximum Gasteiger partial charge on any atom is 0.404 e. The molecule has 2 heterocycles. The van der Waals surface area contributed by atoms with E-state index in [1.54, 1.807) is 13.0 Å². The second kappa shape index (κ2) is 5.00. The van der Waals surface area contributed by atoms with Crippen molar-refractivity contribution in [3.05, 3.63) is 34.0 Å². The third kappa shape index (κ3) is 3.11. The van der Waals surface area contributed by atoms with Gasteiger partial charge in [-0.2, -0.15) is 8.42 Å². The van der Waals surface area contributed by atoms with Crippen LogP contribution < -0.4 is 0 Å².